The molecule has 0 saturated heterocycles. The predicted octanol–water partition coefficient (Wildman–Crippen LogP) is 3.20. The van der Waals surface area contributed by atoms with E-state index in [9.17, 15) is 13.2 Å². The number of halogens is 1. The molecule has 3 rings (SSSR count). The average molecular weight is 408 g/mol. The number of rotatable bonds is 3. The maximum absolute atomic E-state index is 12.6. The van der Waals surface area contributed by atoms with Gasteiger partial charge in [0.05, 0.1) is 5.75 Å². The van der Waals surface area contributed by atoms with Crippen molar-refractivity contribution in [2.24, 2.45) is 0 Å². The lowest BCUT2D eigenvalue weighted by molar-refractivity contribution is -0.115. The second kappa shape index (κ2) is 6.78. The maximum Gasteiger partial charge on any atom is 0.292 e. The van der Waals surface area contributed by atoms with E-state index in [1.54, 1.807) is 54.6 Å². The molecule has 0 spiro atoms. The van der Waals surface area contributed by atoms with Gasteiger partial charge in [0.2, 0.25) is 5.76 Å². The number of carbonyl (C=O) groups excluding carboxylic acids is 1. The molecule has 2 aromatic rings. The van der Waals surface area contributed by atoms with E-state index in [-0.39, 0.29) is 23.0 Å². The molecule has 1 aliphatic heterocycles. The number of nitrogens with one attached hydrogen (secondary N) is 1. The third kappa shape index (κ3) is 3.52. The molecule has 0 saturated carbocycles. The van der Waals surface area contributed by atoms with Crippen molar-refractivity contribution < 1.29 is 17.9 Å². The molecule has 1 amide bonds. The Bertz CT molecular complexity index is 890. The zero-order chi connectivity index (χ0) is 17.2. The van der Waals surface area contributed by atoms with Crippen LogP contribution in [0.5, 0.6) is 0 Å². The molecular formula is C17H14BrNO4S. The quantitative estimate of drug-likeness (QED) is 0.847. The van der Waals surface area contributed by atoms with Gasteiger partial charge >= 0.3 is 0 Å². The Morgan fingerprint density at radius 2 is 1.71 bits per heavy atom. The van der Waals surface area contributed by atoms with Crippen LogP contribution in [0.25, 0.3) is 4.91 Å². The Kier molecular flexibility index (Phi) is 4.73. The highest BCUT2D eigenvalue weighted by molar-refractivity contribution is 9.10. The summed E-state index contributed by atoms with van der Waals surface area (Å²) < 4.78 is 31.2. The summed E-state index contributed by atoms with van der Waals surface area (Å²) in [6, 6.07) is 15.5. The molecule has 0 atom stereocenters. The molecule has 124 valence electrons. The summed E-state index contributed by atoms with van der Waals surface area (Å²) in [6.45, 7) is -0.0399. The van der Waals surface area contributed by atoms with E-state index < -0.39 is 15.7 Å². The fourth-order valence-electron chi connectivity index (χ4n) is 2.35. The molecule has 5 nitrogen and oxygen atoms in total. The van der Waals surface area contributed by atoms with E-state index in [0.717, 1.165) is 4.47 Å². The molecule has 7 heteroatoms. The number of amides is 1. The largest absolute Gasteiger partial charge is 0.486 e. The Labute approximate surface area is 148 Å². The van der Waals surface area contributed by atoms with Gasteiger partial charge < -0.3 is 10.1 Å². The van der Waals surface area contributed by atoms with E-state index in [1.807, 2.05) is 0 Å². The van der Waals surface area contributed by atoms with Crippen molar-refractivity contribution >= 4 is 42.3 Å². The number of anilines is 1. The molecular weight excluding hydrogens is 394 g/mol. The molecule has 1 aliphatic rings. The molecule has 0 radical (unpaired) electrons. The van der Waals surface area contributed by atoms with Gasteiger partial charge in [0.25, 0.3) is 5.91 Å². The molecule has 2 aromatic carbocycles. The molecule has 0 bridgehead atoms. The summed E-state index contributed by atoms with van der Waals surface area (Å²) in [7, 11) is -3.58. The van der Waals surface area contributed by atoms with Gasteiger partial charge in [-0.05, 0) is 29.8 Å². The highest BCUT2D eigenvalue weighted by Gasteiger charge is 2.33. The van der Waals surface area contributed by atoms with Crippen molar-refractivity contribution in [3.05, 3.63) is 70.4 Å². The molecule has 1 heterocycles. The van der Waals surface area contributed by atoms with Crippen LogP contribution in [0.1, 0.15) is 5.56 Å². The third-order valence-electron chi connectivity index (χ3n) is 3.46. The third-order valence-corrected chi connectivity index (χ3v) is 5.74. The summed E-state index contributed by atoms with van der Waals surface area (Å²) in [5, 5.41) is 2.67. The molecule has 24 heavy (non-hydrogen) atoms. The second-order valence-electron chi connectivity index (χ2n) is 5.15. The van der Waals surface area contributed by atoms with Gasteiger partial charge in [0.1, 0.15) is 11.5 Å². The highest BCUT2D eigenvalue weighted by atomic mass is 79.9. The van der Waals surface area contributed by atoms with Crippen LogP contribution < -0.4 is 5.32 Å². The number of hydrogen-bond donors (Lipinski definition) is 1. The standard InChI is InChI=1S/C17H14BrNO4S/c18-13-6-8-14(9-7-13)19-17(20)15-16(12-4-2-1-3-5-12)24(21,22)11-10-23-15/h1-9H,10-11H2,(H,19,20). The van der Waals surface area contributed by atoms with Crippen LogP contribution >= 0.6 is 15.9 Å². The number of carbonyl (C=O) groups is 1. The first kappa shape index (κ1) is 16.7. The predicted molar refractivity (Wildman–Crippen MR) is 95.9 cm³/mol. The van der Waals surface area contributed by atoms with Gasteiger partial charge in [-0.1, -0.05) is 46.3 Å². The SMILES string of the molecule is O=C(Nc1ccc(Br)cc1)C1=C(c2ccccc2)S(=O)(=O)CCO1. The van der Waals surface area contributed by atoms with Crippen molar-refractivity contribution in [2.75, 3.05) is 17.7 Å². The summed E-state index contributed by atoms with van der Waals surface area (Å²) in [6.07, 6.45) is 0. The van der Waals surface area contributed by atoms with Crippen LogP contribution in [-0.2, 0) is 19.4 Å². The van der Waals surface area contributed by atoms with Crippen molar-refractivity contribution in [3.63, 3.8) is 0 Å². The zero-order valence-corrected chi connectivity index (χ0v) is 14.9. The number of hydrogen-bond acceptors (Lipinski definition) is 4. The molecule has 0 unspecified atom stereocenters. The van der Waals surface area contributed by atoms with Gasteiger partial charge in [0, 0.05) is 10.2 Å². The molecule has 0 fully saturated rings. The van der Waals surface area contributed by atoms with Crippen LogP contribution in [0, 0.1) is 0 Å². The summed E-state index contributed by atoms with van der Waals surface area (Å²) in [4.78, 5) is 12.5. The Morgan fingerprint density at radius 1 is 1.04 bits per heavy atom. The zero-order valence-electron chi connectivity index (χ0n) is 12.5. The lowest BCUT2D eigenvalue weighted by Gasteiger charge is -2.21. The fourth-order valence-corrected chi connectivity index (χ4v) is 4.05. The van der Waals surface area contributed by atoms with Gasteiger partial charge in [-0.25, -0.2) is 8.42 Å². The van der Waals surface area contributed by atoms with Crippen LogP contribution in [0.3, 0.4) is 0 Å². The average Bonchev–Trinajstić information content (AvgIpc) is 2.56. The van der Waals surface area contributed by atoms with E-state index in [0.29, 0.717) is 11.3 Å². The number of benzene rings is 2. The van der Waals surface area contributed by atoms with Crippen molar-refractivity contribution in [2.45, 2.75) is 0 Å². The summed E-state index contributed by atoms with van der Waals surface area (Å²) >= 11 is 3.32. The minimum Gasteiger partial charge on any atom is -0.486 e. The first-order valence-electron chi connectivity index (χ1n) is 7.19. The Hall–Kier alpha value is -2.12. The van der Waals surface area contributed by atoms with Crippen molar-refractivity contribution in [3.8, 4) is 0 Å². The molecule has 1 N–H and O–H groups in total. The fraction of sp³-hybridized carbons (Fsp3) is 0.118. The van der Waals surface area contributed by atoms with E-state index in [2.05, 4.69) is 21.2 Å². The topological polar surface area (TPSA) is 72.5 Å². The van der Waals surface area contributed by atoms with Crippen LogP contribution in [0.15, 0.2) is 64.8 Å². The Morgan fingerprint density at radius 3 is 2.38 bits per heavy atom. The summed E-state index contributed by atoms with van der Waals surface area (Å²) in [5.74, 6) is -0.901. The number of sulfone groups is 1. The van der Waals surface area contributed by atoms with Gasteiger partial charge in [0.15, 0.2) is 9.84 Å². The highest BCUT2D eigenvalue weighted by Crippen LogP contribution is 2.30. The van der Waals surface area contributed by atoms with Crippen molar-refractivity contribution in [1.82, 2.24) is 0 Å². The van der Waals surface area contributed by atoms with Gasteiger partial charge in [-0.15, -0.1) is 0 Å². The smallest absolute Gasteiger partial charge is 0.292 e. The minimum absolute atomic E-state index is 0.0399. The molecule has 0 aliphatic carbocycles. The van der Waals surface area contributed by atoms with E-state index in [4.69, 9.17) is 4.74 Å². The lowest BCUT2D eigenvalue weighted by Crippen LogP contribution is -2.28. The molecule has 0 aromatic heterocycles. The van der Waals surface area contributed by atoms with Crippen LogP contribution in [0.2, 0.25) is 0 Å². The van der Waals surface area contributed by atoms with E-state index >= 15 is 0 Å². The maximum atomic E-state index is 12.6. The first-order valence-corrected chi connectivity index (χ1v) is 9.64. The monoisotopic (exact) mass is 407 g/mol. The normalized spacial score (nSPS) is 16.4. The second-order valence-corrected chi connectivity index (χ2v) is 8.11. The Balaban J connectivity index is 2.02. The lowest BCUT2D eigenvalue weighted by atomic mass is 10.2. The first-order chi connectivity index (χ1) is 11.5. The summed E-state index contributed by atoms with van der Waals surface area (Å²) in [5.41, 5.74) is 0.993. The van der Waals surface area contributed by atoms with Gasteiger partial charge in [-0.2, -0.15) is 0 Å². The van der Waals surface area contributed by atoms with Crippen molar-refractivity contribution in [1.29, 1.82) is 0 Å². The van der Waals surface area contributed by atoms with Gasteiger partial charge in [-0.3, -0.25) is 4.79 Å². The number of ether oxygens (including phenoxy) is 1. The van der Waals surface area contributed by atoms with Crippen LogP contribution in [0.4, 0.5) is 5.69 Å². The van der Waals surface area contributed by atoms with Crippen LogP contribution in [-0.4, -0.2) is 26.7 Å². The minimum atomic E-state index is -3.58. The van der Waals surface area contributed by atoms with E-state index in [1.165, 1.54) is 0 Å².